The second-order valence-corrected chi connectivity index (χ2v) is 6.23. The van der Waals surface area contributed by atoms with Gasteiger partial charge in [-0.25, -0.2) is 12.7 Å². The van der Waals surface area contributed by atoms with Gasteiger partial charge in [0, 0.05) is 26.7 Å². The molecule has 0 aromatic carbocycles. The van der Waals surface area contributed by atoms with Crippen LogP contribution in [0.4, 0.5) is 0 Å². The SMILES string of the molecule is COCCNC(=O)[C@@H]1CCCN(S(C)(=O)=O)C1. The van der Waals surface area contributed by atoms with Gasteiger partial charge in [0.15, 0.2) is 0 Å². The van der Waals surface area contributed by atoms with Crippen molar-refractivity contribution >= 4 is 15.9 Å². The van der Waals surface area contributed by atoms with E-state index in [9.17, 15) is 13.2 Å². The van der Waals surface area contributed by atoms with Crippen molar-refractivity contribution in [3.05, 3.63) is 0 Å². The first-order valence-electron chi connectivity index (χ1n) is 5.67. The van der Waals surface area contributed by atoms with Crippen molar-refractivity contribution < 1.29 is 17.9 Å². The van der Waals surface area contributed by atoms with Gasteiger partial charge in [-0.15, -0.1) is 0 Å². The molecule has 100 valence electrons. The minimum atomic E-state index is -3.19. The number of carbonyl (C=O) groups excluding carboxylic acids is 1. The topological polar surface area (TPSA) is 75.7 Å². The van der Waals surface area contributed by atoms with E-state index >= 15 is 0 Å². The molecule has 1 saturated heterocycles. The molecule has 1 aliphatic rings. The van der Waals surface area contributed by atoms with Gasteiger partial charge in [0.1, 0.15) is 0 Å². The molecule has 0 aromatic rings. The molecule has 1 fully saturated rings. The van der Waals surface area contributed by atoms with Crippen LogP contribution in [0.15, 0.2) is 0 Å². The van der Waals surface area contributed by atoms with Gasteiger partial charge in [0.2, 0.25) is 15.9 Å². The number of nitrogens with zero attached hydrogens (tertiary/aromatic N) is 1. The summed E-state index contributed by atoms with van der Waals surface area (Å²) in [5, 5.41) is 2.74. The lowest BCUT2D eigenvalue weighted by Gasteiger charge is -2.30. The van der Waals surface area contributed by atoms with Gasteiger partial charge < -0.3 is 10.1 Å². The normalized spacial score (nSPS) is 22.4. The highest BCUT2D eigenvalue weighted by Gasteiger charge is 2.29. The molecule has 6 nitrogen and oxygen atoms in total. The van der Waals surface area contributed by atoms with E-state index in [0.717, 1.165) is 12.8 Å². The number of carbonyl (C=O) groups is 1. The van der Waals surface area contributed by atoms with Gasteiger partial charge in [0.05, 0.1) is 18.8 Å². The van der Waals surface area contributed by atoms with E-state index in [-0.39, 0.29) is 18.4 Å². The molecule has 1 aliphatic heterocycles. The third kappa shape index (κ3) is 4.61. The van der Waals surface area contributed by atoms with Crippen LogP contribution in [-0.2, 0) is 19.6 Å². The highest BCUT2D eigenvalue weighted by Crippen LogP contribution is 2.18. The van der Waals surface area contributed by atoms with Crippen molar-refractivity contribution in [2.45, 2.75) is 12.8 Å². The van der Waals surface area contributed by atoms with Crippen molar-refractivity contribution in [2.24, 2.45) is 5.92 Å². The number of nitrogens with one attached hydrogen (secondary N) is 1. The number of hydrogen-bond acceptors (Lipinski definition) is 4. The predicted molar refractivity (Wildman–Crippen MR) is 64.0 cm³/mol. The van der Waals surface area contributed by atoms with Gasteiger partial charge in [-0.3, -0.25) is 4.79 Å². The molecular formula is C10H20N2O4S. The molecule has 1 heterocycles. The second kappa shape index (κ2) is 6.32. The van der Waals surface area contributed by atoms with Crippen molar-refractivity contribution in [3.8, 4) is 0 Å². The standard InChI is InChI=1S/C10H20N2O4S/c1-16-7-5-11-10(13)9-4-3-6-12(8-9)17(2,14)15/h9H,3-8H2,1-2H3,(H,11,13)/t9-/m1/s1. The number of amides is 1. The summed E-state index contributed by atoms with van der Waals surface area (Å²) in [5.41, 5.74) is 0. The molecule has 1 rings (SSSR count). The first-order valence-corrected chi connectivity index (χ1v) is 7.51. The van der Waals surface area contributed by atoms with Crippen LogP contribution >= 0.6 is 0 Å². The van der Waals surface area contributed by atoms with Crippen LogP contribution in [0, 0.1) is 5.92 Å². The molecule has 1 N–H and O–H groups in total. The third-order valence-electron chi connectivity index (χ3n) is 2.83. The maximum Gasteiger partial charge on any atom is 0.224 e. The van der Waals surface area contributed by atoms with Crippen LogP contribution in [0.2, 0.25) is 0 Å². The monoisotopic (exact) mass is 264 g/mol. The van der Waals surface area contributed by atoms with Crippen LogP contribution in [0.3, 0.4) is 0 Å². The van der Waals surface area contributed by atoms with Crippen molar-refractivity contribution in [1.29, 1.82) is 0 Å². The number of sulfonamides is 1. The molecule has 17 heavy (non-hydrogen) atoms. The van der Waals surface area contributed by atoms with Crippen LogP contribution in [0.1, 0.15) is 12.8 Å². The highest BCUT2D eigenvalue weighted by molar-refractivity contribution is 7.88. The van der Waals surface area contributed by atoms with E-state index in [1.807, 2.05) is 0 Å². The van der Waals surface area contributed by atoms with Crippen LogP contribution in [-0.4, -0.2) is 58.2 Å². The number of rotatable bonds is 5. The fourth-order valence-corrected chi connectivity index (χ4v) is 2.79. The predicted octanol–water partition coefficient (Wildman–Crippen LogP) is -0.579. The molecule has 0 spiro atoms. The molecule has 0 saturated carbocycles. The molecule has 0 radical (unpaired) electrons. The molecule has 1 atom stereocenters. The Morgan fingerprint density at radius 1 is 1.53 bits per heavy atom. The average molecular weight is 264 g/mol. The van der Waals surface area contributed by atoms with Gasteiger partial charge in [-0.2, -0.15) is 0 Å². The maximum absolute atomic E-state index is 11.8. The third-order valence-corrected chi connectivity index (χ3v) is 4.10. The van der Waals surface area contributed by atoms with E-state index in [2.05, 4.69) is 5.32 Å². The van der Waals surface area contributed by atoms with Crippen LogP contribution in [0.5, 0.6) is 0 Å². The number of piperidine rings is 1. The molecule has 1 amide bonds. The summed E-state index contributed by atoms with van der Waals surface area (Å²) < 4.78 is 29.0. The lowest BCUT2D eigenvalue weighted by Crippen LogP contribution is -2.45. The van der Waals surface area contributed by atoms with Gasteiger partial charge in [0.25, 0.3) is 0 Å². The fourth-order valence-electron chi connectivity index (χ4n) is 1.88. The minimum Gasteiger partial charge on any atom is -0.383 e. The molecule has 0 unspecified atom stereocenters. The summed E-state index contributed by atoms with van der Waals surface area (Å²) in [6.45, 7) is 1.73. The molecular weight excluding hydrogens is 244 g/mol. The summed E-state index contributed by atoms with van der Waals surface area (Å²) in [4.78, 5) is 11.8. The Bertz CT molecular complexity index is 355. The Hall–Kier alpha value is -0.660. The Morgan fingerprint density at radius 3 is 2.82 bits per heavy atom. The Balaban J connectivity index is 2.46. The van der Waals surface area contributed by atoms with Crippen LogP contribution in [0.25, 0.3) is 0 Å². The smallest absolute Gasteiger partial charge is 0.224 e. The molecule has 0 bridgehead atoms. The zero-order valence-corrected chi connectivity index (χ0v) is 11.1. The fraction of sp³-hybridized carbons (Fsp3) is 0.900. The Morgan fingerprint density at radius 2 is 2.24 bits per heavy atom. The number of methoxy groups -OCH3 is 1. The zero-order valence-electron chi connectivity index (χ0n) is 10.3. The first kappa shape index (κ1) is 14.4. The molecule has 0 aromatic heterocycles. The highest BCUT2D eigenvalue weighted by atomic mass is 32.2. The zero-order chi connectivity index (χ0) is 12.9. The Kier molecular flexibility index (Phi) is 5.35. The Labute approximate surface area is 102 Å². The number of ether oxygens (including phenoxy) is 1. The lowest BCUT2D eigenvalue weighted by atomic mass is 9.99. The summed E-state index contributed by atoms with van der Waals surface area (Å²) >= 11 is 0. The summed E-state index contributed by atoms with van der Waals surface area (Å²) in [6.07, 6.45) is 2.65. The second-order valence-electron chi connectivity index (χ2n) is 4.24. The minimum absolute atomic E-state index is 0.0876. The van der Waals surface area contributed by atoms with E-state index < -0.39 is 10.0 Å². The van der Waals surface area contributed by atoms with E-state index in [0.29, 0.717) is 19.7 Å². The maximum atomic E-state index is 11.8. The quantitative estimate of drug-likeness (QED) is 0.674. The summed E-state index contributed by atoms with van der Waals surface area (Å²) in [7, 11) is -1.62. The number of hydrogen-bond donors (Lipinski definition) is 1. The summed E-state index contributed by atoms with van der Waals surface area (Å²) in [6, 6.07) is 0. The van der Waals surface area contributed by atoms with Crippen LogP contribution < -0.4 is 5.32 Å². The summed E-state index contributed by atoms with van der Waals surface area (Å²) in [5.74, 6) is -0.328. The van der Waals surface area contributed by atoms with E-state index in [1.54, 1.807) is 7.11 Å². The lowest BCUT2D eigenvalue weighted by molar-refractivity contribution is -0.126. The molecule has 0 aliphatic carbocycles. The molecule has 7 heteroatoms. The van der Waals surface area contributed by atoms with Gasteiger partial charge >= 0.3 is 0 Å². The van der Waals surface area contributed by atoms with Crippen molar-refractivity contribution in [3.63, 3.8) is 0 Å². The van der Waals surface area contributed by atoms with Crippen molar-refractivity contribution in [1.82, 2.24) is 9.62 Å². The van der Waals surface area contributed by atoms with E-state index in [4.69, 9.17) is 4.74 Å². The van der Waals surface area contributed by atoms with Gasteiger partial charge in [-0.1, -0.05) is 0 Å². The average Bonchev–Trinajstić information content (AvgIpc) is 2.28. The first-order chi connectivity index (χ1) is 7.95. The largest absolute Gasteiger partial charge is 0.383 e. The van der Waals surface area contributed by atoms with Crippen molar-refractivity contribution in [2.75, 3.05) is 39.6 Å². The van der Waals surface area contributed by atoms with E-state index in [1.165, 1.54) is 10.6 Å². The van der Waals surface area contributed by atoms with Gasteiger partial charge in [-0.05, 0) is 12.8 Å².